The number of fused-ring (bicyclic) bond motifs is 4. The molecule has 3 aliphatic rings. The molecule has 4 N–H and O–H groups in total. The van der Waals surface area contributed by atoms with Gasteiger partial charge in [-0.25, -0.2) is 14.8 Å². The highest BCUT2D eigenvalue weighted by Crippen LogP contribution is 2.36. The number of nitrogens with zero attached hydrogens (tertiary/aromatic N) is 4. The van der Waals surface area contributed by atoms with Crippen LogP contribution in [0.3, 0.4) is 0 Å². The first-order valence-electron chi connectivity index (χ1n) is 17.9. The van der Waals surface area contributed by atoms with Gasteiger partial charge >= 0.3 is 6.09 Å². The molecule has 2 bridgehead atoms. The summed E-state index contributed by atoms with van der Waals surface area (Å²) in [6.45, 7) is 3.62. The summed E-state index contributed by atoms with van der Waals surface area (Å²) >= 11 is 0. The molecule has 3 aliphatic heterocycles. The number of methoxy groups -OCH3 is 1. The molecule has 5 heterocycles. The van der Waals surface area contributed by atoms with Crippen molar-refractivity contribution >= 4 is 17.9 Å². The molecule has 7 rings (SSSR count). The molecule has 0 unspecified atom stereocenters. The largest absolute Gasteiger partial charge is 0.453 e. The maximum Gasteiger partial charge on any atom is 0.407 e. The summed E-state index contributed by atoms with van der Waals surface area (Å²) in [7, 11) is 1.30. The normalized spacial score (nSPS) is 21.7. The SMILES string of the molecule is COC(=O)N[C@H]1CCCCOCc2[nH]c(nc2-c2ccc(-c3ccc(-c4cnc([C@@H]5CCCN5C(=O)[C@@H](C)O)[nH]4)cc3)cc2)[C@@H]2CCCN2C1=O. The van der Waals surface area contributed by atoms with Crippen LogP contribution in [0, 0.1) is 0 Å². The lowest BCUT2D eigenvalue weighted by atomic mass is 10.0. The number of carbonyl (C=O) groups excluding carboxylic acids is 3. The molecule has 0 aliphatic carbocycles. The Hall–Kier alpha value is -5.01. The smallest absolute Gasteiger partial charge is 0.407 e. The van der Waals surface area contributed by atoms with Crippen LogP contribution >= 0.6 is 0 Å². The van der Waals surface area contributed by atoms with E-state index in [0.717, 1.165) is 89.5 Å². The predicted octanol–water partition coefficient (Wildman–Crippen LogP) is 5.27. The fourth-order valence-corrected chi connectivity index (χ4v) is 7.50. The Morgan fingerprint density at radius 3 is 2.31 bits per heavy atom. The van der Waals surface area contributed by atoms with E-state index in [4.69, 9.17) is 14.5 Å². The number of imidazole rings is 2. The van der Waals surface area contributed by atoms with Crippen molar-refractivity contribution in [3.05, 3.63) is 72.1 Å². The van der Waals surface area contributed by atoms with Crippen LogP contribution in [0.4, 0.5) is 4.79 Å². The summed E-state index contributed by atoms with van der Waals surface area (Å²) in [5.41, 5.74) is 6.60. The van der Waals surface area contributed by atoms with Crippen LogP contribution < -0.4 is 5.32 Å². The van der Waals surface area contributed by atoms with Gasteiger partial charge in [-0.05, 0) is 68.6 Å². The van der Waals surface area contributed by atoms with Gasteiger partial charge in [-0.2, -0.15) is 0 Å². The fourth-order valence-electron chi connectivity index (χ4n) is 7.50. The van der Waals surface area contributed by atoms with Gasteiger partial charge in [0.1, 0.15) is 23.8 Å². The van der Waals surface area contributed by atoms with Crippen LogP contribution in [-0.2, 0) is 25.7 Å². The number of alkyl carbamates (subject to hydrolysis) is 1. The number of aliphatic hydroxyl groups excluding tert-OH is 1. The Kier molecular flexibility index (Phi) is 10.2. The van der Waals surface area contributed by atoms with Gasteiger partial charge in [-0.15, -0.1) is 0 Å². The van der Waals surface area contributed by atoms with Gasteiger partial charge in [0.25, 0.3) is 5.91 Å². The van der Waals surface area contributed by atoms with Gasteiger partial charge < -0.3 is 39.7 Å². The standard InChI is InChI=1S/C38H45N7O6/c1-23(46)36(47)44-18-5-8-31(44)34-39-21-29(40-34)26-14-10-24(11-15-26)25-12-16-27(17-13-25)33-30-22-51-20-4-3-7-28(42-38(49)50-2)37(48)45-19-6-9-32(45)35(41-30)43-33/h10-17,21,23,28,31-32,46H,3-9,18-20,22H2,1-2H3,(H,39,40)(H,41,43)(H,42,49)/t23-,28+,31+,32+/m1/s1. The Bertz CT molecular complexity index is 1850. The molecule has 0 radical (unpaired) electrons. The van der Waals surface area contributed by atoms with E-state index < -0.39 is 18.2 Å². The van der Waals surface area contributed by atoms with E-state index in [0.29, 0.717) is 32.7 Å². The number of rotatable bonds is 6. The van der Waals surface area contributed by atoms with Gasteiger partial charge in [-0.1, -0.05) is 48.5 Å². The zero-order valence-corrected chi connectivity index (χ0v) is 29.1. The average molecular weight is 696 g/mol. The lowest BCUT2D eigenvalue weighted by molar-refractivity contribution is -0.140. The highest BCUT2D eigenvalue weighted by Gasteiger charge is 2.37. The van der Waals surface area contributed by atoms with E-state index in [2.05, 4.69) is 68.8 Å². The van der Waals surface area contributed by atoms with Crippen molar-refractivity contribution in [1.82, 2.24) is 35.1 Å². The number of aliphatic hydroxyl groups is 1. The molecule has 13 heteroatoms. The number of H-pyrrole nitrogens is 2. The van der Waals surface area contributed by atoms with Gasteiger partial charge in [0.05, 0.1) is 49.1 Å². The molecular formula is C38H45N7O6. The maximum absolute atomic E-state index is 13.7. The van der Waals surface area contributed by atoms with Crippen LogP contribution in [0.2, 0.25) is 0 Å². The summed E-state index contributed by atoms with van der Waals surface area (Å²) in [6, 6.07) is 15.5. The molecule has 0 saturated carbocycles. The van der Waals surface area contributed by atoms with Crippen molar-refractivity contribution in [1.29, 1.82) is 0 Å². The topological polar surface area (TPSA) is 166 Å². The Labute approximate surface area is 296 Å². The number of likely N-dealkylation sites (tertiary alicyclic amines) is 1. The third kappa shape index (κ3) is 7.26. The Morgan fingerprint density at radius 2 is 1.59 bits per heavy atom. The predicted molar refractivity (Wildman–Crippen MR) is 189 cm³/mol. The van der Waals surface area contributed by atoms with Crippen LogP contribution in [0.15, 0.2) is 54.7 Å². The molecule has 2 aromatic heterocycles. The minimum atomic E-state index is -1.03. The summed E-state index contributed by atoms with van der Waals surface area (Å²) in [6.07, 6.45) is 5.47. The molecule has 2 fully saturated rings. The quantitative estimate of drug-likeness (QED) is 0.212. The van der Waals surface area contributed by atoms with E-state index in [1.54, 1.807) is 11.1 Å². The number of carbonyl (C=O) groups is 3. The van der Waals surface area contributed by atoms with E-state index in [9.17, 15) is 19.5 Å². The molecule has 4 aromatic rings. The third-order valence-corrected chi connectivity index (χ3v) is 10.2. The number of hydrogen-bond donors (Lipinski definition) is 4. The number of nitrogens with one attached hydrogen (secondary N) is 3. The number of benzene rings is 2. The molecule has 2 aromatic carbocycles. The van der Waals surface area contributed by atoms with Crippen LogP contribution in [0.5, 0.6) is 0 Å². The zero-order valence-electron chi connectivity index (χ0n) is 29.1. The number of ether oxygens (including phenoxy) is 2. The fraction of sp³-hybridized carbons (Fsp3) is 0.447. The summed E-state index contributed by atoms with van der Waals surface area (Å²) in [5.74, 6) is 1.07. The van der Waals surface area contributed by atoms with Gasteiger partial charge in [0, 0.05) is 25.3 Å². The van der Waals surface area contributed by atoms with Gasteiger partial charge in [-0.3, -0.25) is 9.59 Å². The monoisotopic (exact) mass is 695 g/mol. The first kappa shape index (κ1) is 34.4. The first-order chi connectivity index (χ1) is 24.8. The molecular weight excluding hydrogens is 650 g/mol. The molecule has 4 atom stereocenters. The van der Waals surface area contributed by atoms with Crippen LogP contribution in [-0.4, -0.2) is 91.7 Å². The van der Waals surface area contributed by atoms with Crippen molar-refractivity contribution in [2.75, 3.05) is 26.8 Å². The second-order valence-corrected chi connectivity index (χ2v) is 13.6. The second-order valence-electron chi connectivity index (χ2n) is 13.6. The van der Waals surface area contributed by atoms with Gasteiger partial charge in [0.15, 0.2) is 0 Å². The number of aromatic nitrogens is 4. The Balaban J connectivity index is 1.08. The van der Waals surface area contributed by atoms with E-state index in [-0.39, 0.29) is 23.9 Å². The van der Waals surface area contributed by atoms with Gasteiger partial charge in [0.2, 0.25) is 5.91 Å². The van der Waals surface area contributed by atoms with Crippen molar-refractivity contribution in [3.8, 4) is 33.6 Å². The second kappa shape index (κ2) is 15.1. The molecule has 268 valence electrons. The molecule has 13 nitrogen and oxygen atoms in total. The zero-order chi connectivity index (χ0) is 35.5. The third-order valence-electron chi connectivity index (χ3n) is 10.2. The molecule has 3 amide bonds. The molecule has 0 spiro atoms. The van der Waals surface area contributed by atoms with Crippen LogP contribution in [0.1, 0.15) is 81.3 Å². The molecule has 51 heavy (non-hydrogen) atoms. The Morgan fingerprint density at radius 1 is 0.902 bits per heavy atom. The minimum absolute atomic E-state index is 0.115. The lowest BCUT2D eigenvalue weighted by Crippen LogP contribution is -2.48. The van der Waals surface area contributed by atoms with E-state index in [1.165, 1.54) is 14.0 Å². The summed E-state index contributed by atoms with van der Waals surface area (Å²) in [5, 5.41) is 12.6. The first-order valence-corrected chi connectivity index (χ1v) is 17.9. The highest BCUT2D eigenvalue weighted by atomic mass is 16.5. The van der Waals surface area contributed by atoms with Crippen LogP contribution in [0.25, 0.3) is 33.6 Å². The number of hydrogen-bond acceptors (Lipinski definition) is 8. The molecule has 2 saturated heterocycles. The lowest BCUT2D eigenvalue weighted by Gasteiger charge is -2.28. The maximum atomic E-state index is 13.7. The summed E-state index contributed by atoms with van der Waals surface area (Å²) in [4.78, 5) is 58.3. The average Bonchev–Trinajstić information content (AvgIpc) is 3.98. The van der Waals surface area contributed by atoms with E-state index >= 15 is 0 Å². The number of aromatic amines is 2. The van der Waals surface area contributed by atoms with Crippen molar-refractivity contribution in [3.63, 3.8) is 0 Å². The van der Waals surface area contributed by atoms with Crippen molar-refractivity contribution in [2.24, 2.45) is 0 Å². The van der Waals surface area contributed by atoms with Crippen molar-refractivity contribution < 1.29 is 29.0 Å². The van der Waals surface area contributed by atoms with E-state index in [1.807, 2.05) is 4.90 Å². The summed E-state index contributed by atoms with van der Waals surface area (Å²) < 4.78 is 10.9. The number of amides is 3. The van der Waals surface area contributed by atoms with Crippen molar-refractivity contribution in [2.45, 2.75) is 82.7 Å². The minimum Gasteiger partial charge on any atom is -0.453 e. The highest BCUT2D eigenvalue weighted by molar-refractivity contribution is 5.86.